The number of fused-ring (bicyclic) bond motifs is 1. The van der Waals surface area contributed by atoms with Gasteiger partial charge in [0.25, 0.3) is 0 Å². The van der Waals surface area contributed by atoms with Gasteiger partial charge in [-0.3, -0.25) is 4.79 Å². The molecule has 22 heavy (non-hydrogen) atoms. The molecular weight excluding hydrogens is 270 g/mol. The third kappa shape index (κ3) is 1.92. The summed E-state index contributed by atoms with van der Waals surface area (Å²) in [5.41, 5.74) is 2.18. The molecule has 2 atom stereocenters. The van der Waals surface area contributed by atoms with Crippen LogP contribution in [-0.2, 0) is 4.79 Å². The third-order valence-corrected chi connectivity index (χ3v) is 4.53. The highest BCUT2D eigenvalue weighted by atomic mass is 16.2. The molecule has 0 aromatic heterocycles. The molecule has 3 aromatic carbocycles. The molecular formula is C20H17NO. The quantitative estimate of drug-likeness (QED) is 0.632. The van der Waals surface area contributed by atoms with Crippen molar-refractivity contribution in [3.63, 3.8) is 0 Å². The number of carbonyl (C=O) groups excluding carboxylic acids is 1. The molecule has 3 aromatic rings. The highest BCUT2D eigenvalue weighted by molar-refractivity contribution is 6.04. The minimum Gasteiger partial charge on any atom is -0.304 e. The highest BCUT2D eigenvalue weighted by Gasteiger charge is 2.45. The molecule has 1 saturated heterocycles. The van der Waals surface area contributed by atoms with Gasteiger partial charge in [0.05, 0.1) is 12.0 Å². The first-order valence-electron chi connectivity index (χ1n) is 7.62. The van der Waals surface area contributed by atoms with Crippen molar-refractivity contribution in [3.8, 4) is 0 Å². The van der Waals surface area contributed by atoms with Gasteiger partial charge in [0, 0.05) is 5.69 Å². The molecule has 0 N–H and O–H groups in total. The number of β-lactam (4-membered cyclic amide) rings is 1. The summed E-state index contributed by atoms with van der Waals surface area (Å²) in [7, 11) is 0. The molecule has 0 radical (unpaired) electrons. The number of benzene rings is 3. The lowest BCUT2D eigenvalue weighted by atomic mass is 9.83. The molecule has 1 fully saturated rings. The summed E-state index contributed by atoms with van der Waals surface area (Å²) in [6.45, 7) is 2.01. The molecule has 1 aliphatic rings. The second kappa shape index (κ2) is 4.99. The average molecular weight is 287 g/mol. The monoisotopic (exact) mass is 287 g/mol. The van der Waals surface area contributed by atoms with Crippen LogP contribution in [0.15, 0.2) is 72.8 Å². The van der Waals surface area contributed by atoms with E-state index >= 15 is 0 Å². The molecule has 1 heterocycles. The van der Waals surface area contributed by atoms with Crippen LogP contribution in [0.25, 0.3) is 10.8 Å². The van der Waals surface area contributed by atoms with Crippen LogP contribution in [0, 0.1) is 5.92 Å². The predicted octanol–water partition coefficient (Wildman–Crippen LogP) is 4.56. The third-order valence-electron chi connectivity index (χ3n) is 4.53. The van der Waals surface area contributed by atoms with Gasteiger partial charge in [0.2, 0.25) is 5.91 Å². The van der Waals surface area contributed by atoms with Gasteiger partial charge in [-0.2, -0.15) is 0 Å². The Morgan fingerprint density at radius 2 is 1.50 bits per heavy atom. The molecule has 0 spiro atoms. The second-order valence-corrected chi connectivity index (χ2v) is 5.88. The Balaban J connectivity index is 1.77. The van der Waals surface area contributed by atoms with E-state index in [1.807, 2.05) is 48.2 Å². The maximum atomic E-state index is 12.4. The maximum Gasteiger partial charge on any atom is 0.232 e. The Hall–Kier alpha value is -2.61. The van der Waals surface area contributed by atoms with Crippen LogP contribution in [0.5, 0.6) is 0 Å². The molecule has 1 amide bonds. The lowest BCUT2D eigenvalue weighted by Crippen LogP contribution is -2.54. The van der Waals surface area contributed by atoms with E-state index < -0.39 is 0 Å². The summed E-state index contributed by atoms with van der Waals surface area (Å²) in [5, 5.41) is 2.36. The molecule has 2 unspecified atom stereocenters. The number of rotatable bonds is 2. The molecule has 2 heteroatoms. The predicted molar refractivity (Wildman–Crippen MR) is 89.8 cm³/mol. The van der Waals surface area contributed by atoms with Gasteiger partial charge in [-0.25, -0.2) is 0 Å². The molecule has 0 aliphatic carbocycles. The van der Waals surface area contributed by atoms with E-state index in [4.69, 9.17) is 0 Å². The van der Waals surface area contributed by atoms with Crippen molar-refractivity contribution in [2.24, 2.45) is 5.92 Å². The standard InChI is InChI=1S/C20H17NO/c1-14-19(16-8-3-2-4-9-16)21(20(14)22)18-12-11-15-7-5-6-10-17(15)13-18/h2-14,19H,1H3. The fourth-order valence-electron chi connectivity index (χ4n) is 3.34. The van der Waals surface area contributed by atoms with E-state index in [1.54, 1.807) is 0 Å². The summed E-state index contributed by atoms with van der Waals surface area (Å²) >= 11 is 0. The number of anilines is 1. The first-order chi connectivity index (χ1) is 10.8. The Morgan fingerprint density at radius 3 is 2.27 bits per heavy atom. The van der Waals surface area contributed by atoms with Gasteiger partial charge in [0.15, 0.2) is 0 Å². The molecule has 108 valence electrons. The maximum absolute atomic E-state index is 12.4. The minimum absolute atomic E-state index is 0.0360. The van der Waals surface area contributed by atoms with Crippen LogP contribution in [0.1, 0.15) is 18.5 Å². The van der Waals surface area contributed by atoms with Crippen LogP contribution in [0.3, 0.4) is 0 Å². The van der Waals surface area contributed by atoms with E-state index in [9.17, 15) is 4.79 Å². The summed E-state index contributed by atoms with van der Waals surface area (Å²) < 4.78 is 0. The minimum atomic E-state index is 0.0360. The lowest BCUT2D eigenvalue weighted by molar-refractivity contribution is -0.129. The fourth-order valence-corrected chi connectivity index (χ4v) is 3.34. The molecule has 1 aliphatic heterocycles. The number of amides is 1. The molecule has 4 rings (SSSR count). The molecule has 2 nitrogen and oxygen atoms in total. The smallest absolute Gasteiger partial charge is 0.232 e. The largest absolute Gasteiger partial charge is 0.304 e. The number of carbonyl (C=O) groups is 1. The summed E-state index contributed by atoms with van der Waals surface area (Å²) in [4.78, 5) is 14.3. The van der Waals surface area contributed by atoms with Gasteiger partial charge in [-0.05, 0) is 28.5 Å². The van der Waals surface area contributed by atoms with Gasteiger partial charge in [-0.15, -0.1) is 0 Å². The zero-order valence-corrected chi connectivity index (χ0v) is 12.4. The zero-order valence-electron chi connectivity index (χ0n) is 12.4. The Kier molecular flexibility index (Phi) is 2.97. The topological polar surface area (TPSA) is 20.3 Å². The van der Waals surface area contributed by atoms with E-state index in [0.717, 1.165) is 5.69 Å². The zero-order chi connectivity index (χ0) is 15.1. The van der Waals surface area contributed by atoms with Crippen molar-refractivity contribution in [1.29, 1.82) is 0 Å². The SMILES string of the molecule is CC1C(=O)N(c2ccc3ccccc3c2)C1c1ccccc1. The number of hydrogen-bond donors (Lipinski definition) is 0. The van der Waals surface area contributed by atoms with Gasteiger partial charge < -0.3 is 4.90 Å². The van der Waals surface area contributed by atoms with Crippen molar-refractivity contribution < 1.29 is 4.79 Å². The van der Waals surface area contributed by atoms with E-state index in [2.05, 4.69) is 36.4 Å². The highest BCUT2D eigenvalue weighted by Crippen LogP contribution is 2.43. The Bertz CT molecular complexity index is 840. The van der Waals surface area contributed by atoms with Crippen molar-refractivity contribution in [3.05, 3.63) is 78.4 Å². The number of hydrogen-bond acceptors (Lipinski definition) is 1. The van der Waals surface area contributed by atoms with Crippen molar-refractivity contribution >= 4 is 22.4 Å². The van der Waals surface area contributed by atoms with E-state index in [-0.39, 0.29) is 17.9 Å². The van der Waals surface area contributed by atoms with Crippen LogP contribution < -0.4 is 4.90 Å². The van der Waals surface area contributed by atoms with Crippen LogP contribution in [-0.4, -0.2) is 5.91 Å². The summed E-state index contributed by atoms with van der Waals surface area (Å²) in [6, 6.07) is 24.9. The van der Waals surface area contributed by atoms with Crippen molar-refractivity contribution in [2.45, 2.75) is 13.0 Å². The van der Waals surface area contributed by atoms with Crippen molar-refractivity contribution in [1.82, 2.24) is 0 Å². The van der Waals surface area contributed by atoms with Crippen LogP contribution in [0.4, 0.5) is 5.69 Å². The van der Waals surface area contributed by atoms with Gasteiger partial charge >= 0.3 is 0 Å². The first-order valence-corrected chi connectivity index (χ1v) is 7.62. The lowest BCUT2D eigenvalue weighted by Gasteiger charge is -2.46. The van der Waals surface area contributed by atoms with Crippen molar-refractivity contribution in [2.75, 3.05) is 4.90 Å². The van der Waals surface area contributed by atoms with E-state index in [0.29, 0.717) is 0 Å². The molecule has 0 saturated carbocycles. The molecule has 0 bridgehead atoms. The van der Waals surface area contributed by atoms with Crippen LogP contribution >= 0.6 is 0 Å². The van der Waals surface area contributed by atoms with Gasteiger partial charge in [0.1, 0.15) is 0 Å². The Labute approximate surface area is 130 Å². The summed E-state index contributed by atoms with van der Waals surface area (Å²) in [5.74, 6) is 0.234. The van der Waals surface area contributed by atoms with E-state index in [1.165, 1.54) is 16.3 Å². The van der Waals surface area contributed by atoms with Crippen LogP contribution in [0.2, 0.25) is 0 Å². The normalized spacial score (nSPS) is 21.0. The van der Waals surface area contributed by atoms with Gasteiger partial charge in [-0.1, -0.05) is 67.6 Å². The first kappa shape index (κ1) is 13.1. The number of nitrogens with zero attached hydrogens (tertiary/aromatic N) is 1. The average Bonchev–Trinajstić information content (AvgIpc) is 2.59. The fraction of sp³-hybridized carbons (Fsp3) is 0.150. The second-order valence-electron chi connectivity index (χ2n) is 5.88. The Morgan fingerprint density at radius 1 is 0.818 bits per heavy atom. The summed E-state index contributed by atoms with van der Waals surface area (Å²) in [6.07, 6.45) is 0.